The zero-order valence-corrected chi connectivity index (χ0v) is 25.5. The molecule has 0 unspecified atom stereocenters. The number of nitrogens with zero attached hydrogens (tertiary/aromatic N) is 2. The van der Waals surface area contributed by atoms with E-state index < -0.39 is 0 Å². The van der Waals surface area contributed by atoms with Gasteiger partial charge in [-0.25, -0.2) is 0 Å². The van der Waals surface area contributed by atoms with Gasteiger partial charge in [0.2, 0.25) is 0 Å². The normalized spacial score (nSPS) is 11.9. The van der Waals surface area contributed by atoms with Crippen LogP contribution in [0.5, 0.6) is 0 Å². The number of rotatable bonds is 4. The van der Waals surface area contributed by atoms with Gasteiger partial charge in [-0.1, -0.05) is 72.8 Å². The summed E-state index contributed by atoms with van der Waals surface area (Å²) in [4.78, 5) is 2.29. The van der Waals surface area contributed by atoms with Crippen molar-refractivity contribution in [2.45, 2.75) is 0 Å². The fourth-order valence-electron chi connectivity index (χ4n) is 7.18. The Labute approximate surface area is 268 Å². The van der Waals surface area contributed by atoms with Crippen LogP contribution in [0.2, 0.25) is 0 Å². The fourth-order valence-corrected chi connectivity index (χ4v) is 8.29. The maximum Gasteiger partial charge on any atom is 0.145 e. The molecule has 3 heterocycles. The summed E-state index contributed by atoms with van der Waals surface area (Å²) in [6, 6.07) is 56.2. The van der Waals surface area contributed by atoms with Crippen LogP contribution < -0.4 is 4.90 Å². The standard InChI is InChI=1S/C42H26N2OS/c1-3-11-27(12-4-1)43(28-13-5-2-6-14-28)29-19-21-30(22-20-29)44-35-17-9-7-15-33(35)39-36(44)25-23-31-32-24-26-38-40(42(32)45-41(31)39)34-16-8-10-18-37(34)46-38/h1-26H. The first-order chi connectivity index (χ1) is 22.8. The van der Waals surface area contributed by atoms with Crippen LogP contribution in [0.4, 0.5) is 17.1 Å². The third kappa shape index (κ3) is 3.65. The number of thiophene rings is 1. The van der Waals surface area contributed by atoms with Gasteiger partial charge in [-0.15, -0.1) is 11.3 Å². The zero-order chi connectivity index (χ0) is 30.2. The second kappa shape index (κ2) is 9.83. The van der Waals surface area contributed by atoms with Gasteiger partial charge in [-0.3, -0.25) is 0 Å². The van der Waals surface area contributed by atoms with Gasteiger partial charge in [0.25, 0.3) is 0 Å². The zero-order valence-electron chi connectivity index (χ0n) is 24.7. The summed E-state index contributed by atoms with van der Waals surface area (Å²) in [7, 11) is 0. The number of hydrogen-bond acceptors (Lipinski definition) is 3. The van der Waals surface area contributed by atoms with Crippen LogP contribution in [0.25, 0.3) is 69.6 Å². The van der Waals surface area contributed by atoms with E-state index in [1.165, 1.54) is 25.6 Å². The molecule has 0 aliphatic carbocycles. The largest absolute Gasteiger partial charge is 0.455 e. The van der Waals surface area contributed by atoms with Crippen LogP contribution >= 0.6 is 11.3 Å². The molecule has 10 rings (SSSR count). The van der Waals surface area contributed by atoms with E-state index in [4.69, 9.17) is 4.42 Å². The maximum absolute atomic E-state index is 6.94. The van der Waals surface area contributed by atoms with E-state index in [2.05, 4.69) is 167 Å². The third-order valence-corrected chi connectivity index (χ3v) is 10.3. The molecule has 7 aromatic carbocycles. The topological polar surface area (TPSA) is 21.3 Å². The molecule has 0 aliphatic rings. The van der Waals surface area contributed by atoms with Crippen LogP contribution in [0.1, 0.15) is 0 Å². The maximum atomic E-state index is 6.94. The van der Waals surface area contributed by atoms with E-state index in [1.54, 1.807) is 0 Å². The van der Waals surface area contributed by atoms with Gasteiger partial charge in [0, 0.05) is 59.1 Å². The summed E-state index contributed by atoms with van der Waals surface area (Å²) in [5.74, 6) is 0. The average Bonchev–Trinajstić information content (AvgIpc) is 3.79. The van der Waals surface area contributed by atoms with Gasteiger partial charge in [-0.2, -0.15) is 0 Å². The van der Waals surface area contributed by atoms with Crippen molar-refractivity contribution in [3.63, 3.8) is 0 Å². The SMILES string of the molecule is c1ccc(N(c2ccccc2)c2ccc(-n3c4ccccc4c4c5oc6c(ccc7sc8ccccc8c76)c5ccc43)cc2)cc1. The predicted molar refractivity (Wildman–Crippen MR) is 196 cm³/mol. The minimum Gasteiger partial charge on any atom is -0.455 e. The predicted octanol–water partition coefficient (Wildman–Crippen LogP) is 12.5. The fraction of sp³-hybridized carbons (Fsp3) is 0. The number of aromatic nitrogens is 1. The molecular weight excluding hydrogens is 581 g/mol. The summed E-state index contributed by atoms with van der Waals surface area (Å²) in [6.45, 7) is 0. The lowest BCUT2D eigenvalue weighted by molar-refractivity contribution is 0.677. The van der Waals surface area contributed by atoms with Crippen molar-refractivity contribution in [1.29, 1.82) is 0 Å². The number of fused-ring (bicyclic) bond motifs is 11. The quantitative estimate of drug-likeness (QED) is 0.199. The summed E-state index contributed by atoms with van der Waals surface area (Å²) in [5.41, 5.74) is 8.67. The van der Waals surface area contributed by atoms with Crippen molar-refractivity contribution in [3.8, 4) is 5.69 Å². The minimum atomic E-state index is 0.946. The van der Waals surface area contributed by atoms with Crippen molar-refractivity contribution in [3.05, 3.63) is 158 Å². The number of hydrogen-bond donors (Lipinski definition) is 0. The number of benzene rings is 7. The van der Waals surface area contributed by atoms with E-state index in [0.29, 0.717) is 0 Å². The Bertz CT molecular complexity index is 2700. The number of anilines is 3. The van der Waals surface area contributed by atoms with E-state index in [9.17, 15) is 0 Å². The minimum absolute atomic E-state index is 0.946. The molecule has 0 atom stereocenters. The summed E-state index contributed by atoms with van der Waals surface area (Å²) in [6.07, 6.45) is 0. The molecule has 4 heteroatoms. The highest BCUT2D eigenvalue weighted by atomic mass is 32.1. The van der Waals surface area contributed by atoms with Gasteiger partial charge in [0.05, 0.1) is 16.4 Å². The van der Waals surface area contributed by atoms with Crippen molar-refractivity contribution in [1.82, 2.24) is 4.57 Å². The van der Waals surface area contributed by atoms with Gasteiger partial charge in [0.1, 0.15) is 11.2 Å². The first-order valence-electron chi connectivity index (χ1n) is 15.5. The molecule has 0 spiro atoms. The lowest BCUT2D eigenvalue weighted by Gasteiger charge is -2.25. The van der Waals surface area contributed by atoms with Gasteiger partial charge >= 0.3 is 0 Å². The molecule has 0 saturated carbocycles. The molecule has 0 saturated heterocycles. The third-order valence-electron chi connectivity index (χ3n) is 9.18. The Hall–Kier alpha value is -5.84. The molecule has 0 fully saturated rings. The average molecular weight is 607 g/mol. The van der Waals surface area contributed by atoms with E-state index in [1.807, 2.05) is 11.3 Å². The lowest BCUT2D eigenvalue weighted by atomic mass is 10.1. The highest BCUT2D eigenvalue weighted by Crippen LogP contribution is 2.45. The van der Waals surface area contributed by atoms with Crippen molar-refractivity contribution in [2.24, 2.45) is 0 Å². The van der Waals surface area contributed by atoms with Gasteiger partial charge in [0.15, 0.2) is 0 Å². The Morgan fingerprint density at radius 3 is 1.74 bits per heavy atom. The molecule has 0 aliphatic heterocycles. The van der Waals surface area contributed by atoms with Crippen LogP contribution in [0.3, 0.4) is 0 Å². The molecule has 0 N–H and O–H groups in total. The van der Waals surface area contributed by atoms with Crippen LogP contribution in [-0.2, 0) is 0 Å². The highest BCUT2D eigenvalue weighted by Gasteiger charge is 2.21. The van der Waals surface area contributed by atoms with E-state index in [0.717, 1.165) is 61.1 Å². The summed E-state index contributed by atoms with van der Waals surface area (Å²) < 4.78 is 11.8. The second-order valence-corrected chi connectivity index (χ2v) is 12.8. The van der Waals surface area contributed by atoms with Gasteiger partial charge < -0.3 is 13.9 Å². The Balaban J connectivity index is 1.19. The van der Waals surface area contributed by atoms with Crippen molar-refractivity contribution < 1.29 is 4.42 Å². The van der Waals surface area contributed by atoms with Crippen LogP contribution in [0.15, 0.2) is 162 Å². The molecule has 0 amide bonds. The van der Waals surface area contributed by atoms with E-state index >= 15 is 0 Å². The first kappa shape index (κ1) is 25.5. The molecule has 0 bridgehead atoms. The number of furan rings is 1. The van der Waals surface area contributed by atoms with E-state index in [-0.39, 0.29) is 0 Å². The second-order valence-electron chi connectivity index (χ2n) is 11.7. The first-order valence-corrected chi connectivity index (χ1v) is 16.3. The smallest absolute Gasteiger partial charge is 0.145 e. The Morgan fingerprint density at radius 1 is 0.413 bits per heavy atom. The van der Waals surface area contributed by atoms with Crippen molar-refractivity contribution >= 4 is 92.3 Å². The molecule has 0 radical (unpaired) electrons. The molecule has 3 aromatic heterocycles. The molecule has 216 valence electrons. The molecular formula is C42H26N2OS. The molecule has 3 nitrogen and oxygen atoms in total. The number of para-hydroxylation sites is 3. The molecule has 10 aromatic rings. The highest BCUT2D eigenvalue weighted by molar-refractivity contribution is 7.26. The Morgan fingerprint density at radius 2 is 1.00 bits per heavy atom. The summed E-state index contributed by atoms with van der Waals surface area (Å²) in [5, 5.41) is 7.12. The van der Waals surface area contributed by atoms with Gasteiger partial charge in [-0.05, 0) is 84.9 Å². The van der Waals surface area contributed by atoms with Crippen LogP contribution in [-0.4, -0.2) is 4.57 Å². The monoisotopic (exact) mass is 606 g/mol. The van der Waals surface area contributed by atoms with Crippen LogP contribution in [0, 0.1) is 0 Å². The Kier molecular flexibility index (Phi) is 5.45. The van der Waals surface area contributed by atoms with Crippen molar-refractivity contribution in [2.75, 3.05) is 4.90 Å². The summed E-state index contributed by atoms with van der Waals surface area (Å²) >= 11 is 1.83. The molecule has 46 heavy (non-hydrogen) atoms. The lowest BCUT2D eigenvalue weighted by Crippen LogP contribution is -2.09.